The lowest BCUT2D eigenvalue weighted by atomic mass is 10.0. The van der Waals surface area contributed by atoms with Crippen molar-refractivity contribution in [1.82, 2.24) is 4.90 Å². The van der Waals surface area contributed by atoms with Crippen molar-refractivity contribution < 1.29 is 9.53 Å². The van der Waals surface area contributed by atoms with Gasteiger partial charge in [-0.3, -0.25) is 9.80 Å². The molecule has 0 radical (unpaired) electrons. The summed E-state index contributed by atoms with van der Waals surface area (Å²) in [5, 5.41) is 0.667. The van der Waals surface area contributed by atoms with E-state index in [9.17, 15) is 4.79 Å². The molecule has 0 saturated carbocycles. The van der Waals surface area contributed by atoms with Gasteiger partial charge in [-0.05, 0) is 43.7 Å². The first-order valence-electron chi connectivity index (χ1n) is 8.06. The number of para-hydroxylation sites is 1. The molecule has 1 aliphatic rings. The van der Waals surface area contributed by atoms with E-state index in [1.165, 1.54) is 0 Å². The topological polar surface area (TPSA) is 32.8 Å². The smallest absolute Gasteiger partial charge is 0.415 e. The minimum absolute atomic E-state index is 0.140. The van der Waals surface area contributed by atoms with Gasteiger partial charge in [0.25, 0.3) is 0 Å². The van der Waals surface area contributed by atoms with Crippen LogP contribution >= 0.6 is 11.6 Å². The van der Waals surface area contributed by atoms with Crippen LogP contribution in [0.3, 0.4) is 0 Å². The summed E-state index contributed by atoms with van der Waals surface area (Å²) in [6.07, 6.45) is 1.45. The fourth-order valence-corrected chi connectivity index (χ4v) is 3.18. The van der Waals surface area contributed by atoms with Gasteiger partial charge in [0.1, 0.15) is 0 Å². The Morgan fingerprint density at radius 3 is 2.75 bits per heavy atom. The lowest BCUT2D eigenvalue weighted by molar-refractivity contribution is 0.0315. The van der Waals surface area contributed by atoms with E-state index in [-0.39, 0.29) is 12.3 Å². The van der Waals surface area contributed by atoms with Gasteiger partial charge in [-0.2, -0.15) is 0 Å². The molecule has 1 amide bonds. The van der Waals surface area contributed by atoms with Crippen molar-refractivity contribution in [2.75, 3.05) is 25.5 Å². The Labute approximate surface area is 147 Å². The number of ether oxygens (including phenoxy) is 1. The van der Waals surface area contributed by atoms with Crippen molar-refractivity contribution >= 4 is 23.4 Å². The molecule has 1 atom stereocenters. The zero-order valence-corrected chi connectivity index (χ0v) is 14.7. The standard InChI is InChI=1S/C19H21ClN2O2/c1-21-12-6-11-18(21)24-19(23)22(2)17-10-4-3-9-16(17)14-7-5-8-15(20)13-14/h3-5,7-10,13,18H,6,11-12H2,1-2H3/t18-/m0/s1. The number of anilines is 1. The SMILES string of the molecule is CN(C(=O)O[C@H]1CCCN1C)c1ccccc1-c1cccc(Cl)c1. The van der Waals surface area contributed by atoms with Gasteiger partial charge in [0.05, 0.1) is 5.69 Å². The lowest BCUT2D eigenvalue weighted by Gasteiger charge is -2.25. The van der Waals surface area contributed by atoms with Crippen LogP contribution in [0.4, 0.5) is 10.5 Å². The second kappa shape index (κ2) is 7.24. The number of hydrogen-bond donors (Lipinski definition) is 0. The Morgan fingerprint density at radius 1 is 1.25 bits per heavy atom. The van der Waals surface area contributed by atoms with Gasteiger partial charge in [0.15, 0.2) is 6.23 Å². The number of carbonyl (C=O) groups is 1. The molecular formula is C19H21ClN2O2. The second-order valence-corrected chi connectivity index (χ2v) is 6.48. The van der Waals surface area contributed by atoms with Crippen LogP contribution < -0.4 is 4.90 Å². The Balaban J connectivity index is 1.85. The quantitative estimate of drug-likeness (QED) is 0.813. The van der Waals surface area contributed by atoms with Gasteiger partial charge >= 0.3 is 6.09 Å². The summed E-state index contributed by atoms with van der Waals surface area (Å²) in [4.78, 5) is 16.2. The van der Waals surface area contributed by atoms with E-state index in [1.807, 2.05) is 55.6 Å². The highest BCUT2D eigenvalue weighted by atomic mass is 35.5. The number of halogens is 1. The Hall–Kier alpha value is -2.04. The lowest BCUT2D eigenvalue weighted by Crippen LogP contribution is -2.36. The van der Waals surface area contributed by atoms with Crippen LogP contribution in [0.15, 0.2) is 48.5 Å². The van der Waals surface area contributed by atoms with Crippen molar-refractivity contribution in [3.8, 4) is 11.1 Å². The third-order valence-corrected chi connectivity index (χ3v) is 4.60. The molecule has 126 valence electrons. The number of hydrogen-bond acceptors (Lipinski definition) is 3. The summed E-state index contributed by atoms with van der Waals surface area (Å²) in [6.45, 7) is 0.959. The first kappa shape index (κ1) is 16.8. The van der Waals surface area contributed by atoms with Crippen LogP contribution in [-0.2, 0) is 4.74 Å². The maximum Gasteiger partial charge on any atom is 0.415 e. The molecular weight excluding hydrogens is 324 g/mol. The van der Waals surface area contributed by atoms with Gasteiger partial charge in [0, 0.05) is 24.2 Å². The van der Waals surface area contributed by atoms with Crippen molar-refractivity contribution in [3.05, 3.63) is 53.6 Å². The van der Waals surface area contributed by atoms with Crippen LogP contribution in [0, 0.1) is 0 Å². The zero-order valence-electron chi connectivity index (χ0n) is 13.9. The number of nitrogens with zero attached hydrogens (tertiary/aromatic N) is 2. The van der Waals surface area contributed by atoms with E-state index in [2.05, 4.69) is 4.90 Å². The first-order chi connectivity index (χ1) is 11.6. The molecule has 0 spiro atoms. The monoisotopic (exact) mass is 344 g/mol. The van der Waals surface area contributed by atoms with Gasteiger partial charge < -0.3 is 4.74 Å². The van der Waals surface area contributed by atoms with Crippen LogP contribution in [0.2, 0.25) is 5.02 Å². The van der Waals surface area contributed by atoms with Crippen molar-refractivity contribution in [3.63, 3.8) is 0 Å². The Kier molecular flexibility index (Phi) is 5.07. The molecule has 5 heteroatoms. The first-order valence-corrected chi connectivity index (χ1v) is 8.43. The number of benzene rings is 2. The van der Waals surface area contributed by atoms with Crippen molar-refractivity contribution in [2.24, 2.45) is 0 Å². The largest absolute Gasteiger partial charge is 0.430 e. The molecule has 0 aromatic heterocycles. The molecule has 2 aromatic rings. The molecule has 3 rings (SSSR count). The molecule has 0 aliphatic carbocycles. The summed E-state index contributed by atoms with van der Waals surface area (Å²) in [6, 6.07) is 15.4. The highest BCUT2D eigenvalue weighted by molar-refractivity contribution is 6.30. The molecule has 24 heavy (non-hydrogen) atoms. The zero-order chi connectivity index (χ0) is 17.1. The number of likely N-dealkylation sites (tertiary alicyclic amines) is 1. The summed E-state index contributed by atoms with van der Waals surface area (Å²) in [5.74, 6) is 0. The molecule has 0 unspecified atom stereocenters. The summed E-state index contributed by atoms with van der Waals surface area (Å²) in [7, 11) is 3.71. The van der Waals surface area contributed by atoms with E-state index >= 15 is 0 Å². The van der Waals surface area contributed by atoms with Crippen LogP contribution in [0.25, 0.3) is 11.1 Å². The Morgan fingerprint density at radius 2 is 2.04 bits per heavy atom. The average molecular weight is 345 g/mol. The minimum atomic E-state index is -0.344. The Bertz CT molecular complexity index is 735. The molecule has 1 fully saturated rings. The van der Waals surface area contributed by atoms with Crippen molar-refractivity contribution in [2.45, 2.75) is 19.1 Å². The van der Waals surface area contributed by atoms with E-state index < -0.39 is 0 Å². The highest BCUT2D eigenvalue weighted by Crippen LogP contribution is 2.32. The van der Waals surface area contributed by atoms with Crippen molar-refractivity contribution in [1.29, 1.82) is 0 Å². The predicted molar refractivity (Wildman–Crippen MR) is 97.4 cm³/mol. The molecule has 0 N–H and O–H groups in total. The molecule has 1 aliphatic heterocycles. The van der Waals surface area contributed by atoms with E-state index in [0.717, 1.165) is 36.2 Å². The molecule has 2 aromatic carbocycles. The third-order valence-electron chi connectivity index (χ3n) is 4.37. The minimum Gasteiger partial charge on any atom is -0.430 e. The van der Waals surface area contributed by atoms with Gasteiger partial charge in [0.2, 0.25) is 0 Å². The summed E-state index contributed by atoms with van der Waals surface area (Å²) >= 11 is 6.11. The molecule has 1 heterocycles. The number of carbonyl (C=O) groups excluding carboxylic acids is 1. The van der Waals surface area contributed by atoms with Crippen LogP contribution in [0.1, 0.15) is 12.8 Å². The highest BCUT2D eigenvalue weighted by Gasteiger charge is 2.27. The fourth-order valence-electron chi connectivity index (χ4n) is 2.99. The van der Waals surface area contributed by atoms with Crippen LogP contribution in [0.5, 0.6) is 0 Å². The number of rotatable bonds is 3. The van der Waals surface area contributed by atoms with Gasteiger partial charge in [-0.15, -0.1) is 0 Å². The average Bonchev–Trinajstić information content (AvgIpc) is 2.99. The maximum atomic E-state index is 12.5. The van der Waals surface area contributed by atoms with E-state index in [1.54, 1.807) is 11.9 Å². The van der Waals surface area contributed by atoms with Gasteiger partial charge in [-0.1, -0.05) is 41.9 Å². The normalized spacial score (nSPS) is 17.7. The van der Waals surface area contributed by atoms with Gasteiger partial charge in [-0.25, -0.2) is 4.79 Å². The summed E-state index contributed by atoms with van der Waals surface area (Å²) < 4.78 is 5.64. The van der Waals surface area contributed by atoms with E-state index in [0.29, 0.717) is 5.02 Å². The molecule has 0 bridgehead atoms. The van der Waals surface area contributed by atoms with E-state index in [4.69, 9.17) is 16.3 Å². The second-order valence-electron chi connectivity index (χ2n) is 6.05. The molecule has 4 nitrogen and oxygen atoms in total. The number of amides is 1. The summed E-state index contributed by atoms with van der Waals surface area (Å²) in [5.41, 5.74) is 2.71. The third kappa shape index (κ3) is 3.55. The maximum absolute atomic E-state index is 12.5. The molecule has 1 saturated heterocycles. The predicted octanol–water partition coefficient (Wildman–Crippen LogP) is 4.63. The fraction of sp³-hybridized carbons (Fsp3) is 0.316. The van der Waals surface area contributed by atoms with Crippen LogP contribution in [-0.4, -0.2) is 37.9 Å².